The van der Waals surface area contributed by atoms with Crippen molar-refractivity contribution >= 4 is 29.4 Å². The van der Waals surface area contributed by atoms with Gasteiger partial charge in [0.1, 0.15) is 0 Å². The van der Waals surface area contributed by atoms with Gasteiger partial charge in [-0.15, -0.1) is 0 Å². The Morgan fingerprint density at radius 3 is 2.53 bits per heavy atom. The molecule has 34 heavy (non-hydrogen) atoms. The number of nitrogens with zero attached hydrogens (tertiary/aromatic N) is 2. The lowest BCUT2D eigenvalue weighted by Crippen LogP contribution is -2.49. The first kappa shape index (κ1) is 23.8. The quantitative estimate of drug-likeness (QED) is 0.433. The molecular weight excluding hydrogens is 456 g/mol. The number of imidazole rings is 1. The highest BCUT2D eigenvalue weighted by atomic mass is 35.5. The van der Waals surface area contributed by atoms with Crippen LogP contribution in [0.5, 0.6) is 0 Å². The average molecular weight is 483 g/mol. The summed E-state index contributed by atoms with van der Waals surface area (Å²) in [5.74, 6) is -0.400. The van der Waals surface area contributed by atoms with Crippen LogP contribution in [0.25, 0.3) is 0 Å². The molecule has 0 radical (unpaired) electrons. The third-order valence-electron chi connectivity index (χ3n) is 5.56. The normalized spacial score (nSPS) is 17.0. The van der Waals surface area contributed by atoms with Gasteiger partial charge in [0.2, 0.25) is 0 Å². The second-order valence-corrected chi connectivity index (χ2v) is 8.54. The smallest absolute Gasteiger partial charge is 0.358 e. The molecule has 178 valence electrons. The van der Waals surface area contributed by atoms with Crippen LogP contribution < -0.4 is 10.6 Å². The molecule has 1 heterocycles. The van der Waals surface area contributed by atoms with Crippen LogP contribution >= 0.6 is 11.6 Å². The summed E-state index contributed by atoms with van der Waals surface area (Å²) in [7, 11) is 0. The number of ether oxygens (including phenoxy) is 2. The molecule has 1 aliphatic carbocycles. The van der Waals surface area contributed by atoms with E-state index in [0.717, 1.165) is 24.0 Å². The summed E-state index contributed by atoms with van der Waals surface area (Å²) in [6.07, 6.45) is 3.08. The van der Waals surface area contributed by atoms with Crippen LogP contribution in [0.2, 0.25) is 5.02 Å². The lowest BCUT2D eigenvalue weighted by molar-refractivity contribution is -0.0237. The zero-order chi connectivity index (χ0) is 23.9. The zero-order valence-electron chi connectivity index (χ0n) is 18.9. The van der Waals surface area contributed by atoms with Crippen molar-refractivity contribution in [3.8, 4) is 0 Å². The number of rotatable bonds is 9. The van der Waals surface area contributed by atoms with Crippen LogP contribution in [-0.4, -0.2) is 40.3 Å². The molecule has 0 spiro atoms. The fourth-order valence-electron chi connectivity index (χ4n) is 3.73. The molecule has 0 atom stereocenters. The maximum Gasteiger partial charge on any atom is 0.358 e. The summed E-state index contributed by atoms with van der Waals surface area (Å²) < 4.78 is 12.7. The Kier molecular flexibility index (Phi) is 7.82. The number of hydrogen-bond donors (Lipinski definition) is 2. The largest absolute Gasteiger partial charge is 0.461 e. The summed E-state index contributed by atoms with van der Waals surface area (Å²) >= 11 is 5.96. The number of carbonyl (C=O) groups is 2. The van der Waals surface area contributed by atoms with Gasteiger partial charge >= 0.3 is 12.0 Å². The third kappa shape index (κ3) is 6.15. The third-order valence-corrected chi connectivity index (χ3v) is 5.82. The van der Waals surface area contributed by atoms with E-state index in [1.165, 1.54) is 6.33 Å². The molecule has 8 nitrogen and oxygen atoms in total. The molecule has 0 bridgehead atoms. The van der Waals surface area contributed by atoms with E-state index in [1.807, 2.05) is 42.5 Å². The van der Waals surface area contributed by atoms with Gasteiger partial charge in [0.05, 0.1) is 25.6 Å². The molecule has 2 amide bonds. The van der Waals surface area contributed by atoms with Crippen LogP contribution in [0.3, 0.4) is 0 Å². The molecule has 0 aliphatic heterocycles. The Balaban J connectivity index is 1.32. The van der Waals surface area contributed by atoms with Gasteiger partial charge in [-0.3, -0.25) is 5.32 Å². The first-order valence-corrected chi connectivity index (χ1v) is 11.6. The molecule has 0 saturated heterocycles. The zero-order valence-corrected chi connectivity index (χ0v) is 19.6. The van der Waals surface area contributed by atoms with E-state index in [9.17, 15) is 9.59 Å². The second-order valence-electron chi connectivity index (χ2n) is 8.10. The number of hydrogen-bond acceptors (Lipinski definition) is 5. The van der Waals surface area contributed by atoms with Crippen molar-refractivity contribution < 1.29 is 19.1 Å². The molecule has 2 N–H and O–H groups in total. The number of halogens is 1. The molecule has 9 heteroatoms. The van der Waals surface area contributed by atoms with Crippen molar-refractivity contribution in [3.05, 3.63) is 82.8 Å². The van der Waals surface area contributed by atoms with Crippen LogP contribution in [0.1, 0.15) is 41.4 Å². The van der Waals surface area contributed by atoms with Crippen LogP contribution in [-0.2, 0) is 22.6 Å². The van der Waals surface area contributed by atoms with Crippen molar-refractivity contribution in [2.75, 3.05) is 11.9 Å². The van der Waals surface area contributed by atoms with Crippen molar-refractivity contribution in [1.82, 2.24) is 14.9 Å². The average Bonchev–Trinajstić information content (AvgIpc) is 3.19. The van der Waals surface area contributed by atoms with Gasteiger partial charge in [-0.2, -0.15) is 0 Å². The topological polar surface area (TPSA) is 94.5 Å². The minimum atomic E-state index is -0.553. The van der Waals surface area contributed by atoms with Crippen LogP contribution in [0.15, 0.2) is 60.9 Å². The highest BCUT2D eigenvalue weighted by Crippen LogP contribution is 2.25. The summed E-state index contributed by atoms with van der Waals surface area (Å²) in [5.41, 5.74) is 2.24. The Morgan fingerprint density at radius 1 is 1.09 bits per heavy atom. The fourth-order valence-corrected chi connectivity index (χ4v) is 3.86. The molecule has 1 aliphatic rings. The van der Waals surface area contributed by atoms with E-state index in [2.05, 4.69) is 15.6 Å². The van der Waals surface area contributed by atoms with E-state index < -0.39 is 12.0 Å². The summed E-state index contributed by atoms with van der Waals surface area (Å²) in [4.78, 5) is 29.4. The molecular formula is C25H27ClN4O4. The standard InChI is InChI=1S/C25H27ClN4O4/c1-2-33-24(31)22-23(27-16-30(22)14-17-8-10-19(26)11-9-17)29-25(32)28-20-12-21(13-20)34-15-18-6-4-3-5-7-18/h3-11,16,20-21H,2,12-15H2,1H3,(H2,28,29,32). The minimum Gasteiger partial charge on any atom is -0.461 e. The van der Waals surface area contributed by atoms with Crippen molar-refractivity contribution in [2.45, 2.75) is 45.1 Å². The first-order valence-electron chi connectivity index (χ1n) is 11.2. The monoisotopic (exact) mass is 482 g/mol. The van der Waals surface area contributed by atoms with Crippen molar-refractivity contribution in [3.63, 3.8) is 0 Å². The number of esters is 1. The van der Waals surface area contributed by atoms with Crippen LogP contribution in [0, 0.1) is 0 Å². The number of nitrogens with one attached hydrogen (secondary N) is 2. The van der Waals surface area contributed by atoms with Gasteiger partial charge in [0.25, 0.3) is 0 Å². The maximum atomic E-state index is 12.6. The van der Waals surface area contributed by atoms with E-state index in [0.29, 0.717) is 18.2 Å². The van der Waals surface area contributed by atoms with Crippen LogP contribution in [0.4, 0.5) is 10.6 Å². The van der Waals surface area contributed by atoms with E-state index in [1.54, 1.807) is 23.6 Å². The predicted octanol–water partition coefficient (Wildman–Crippen LogP) is 4.63. The molecule has 1 saturated carbocycles. The lowest BCUT2D eigenvalue weighted by Gasteiger charge is -2.35. The van der Waals surface area contributed by atoms with E-state index >= 15 is 0 Å². The molecule has 1 aromatic heterocycles. The van der Waals surface area contributed by atoms with Gasteiger partial charge in [-0.05, 0) is 43.0 Å². The molecule has 4 rings (SSSR count). The van der Waals surface area contributed by atoms with Gasteiger partial charge in [0, 0.05) is 17.6 Å². The lowest BCUT2D eigenvalue weighted by atomic mass is 9.89. The number of amides is 2. The fraction of sp³-hybridized carbons (Fsp3) is 0.320. The van der Waals surface area contributed by atoms with Crippen molar-refractivity contribution in [1.29, 1.82) is 0 Å². The van der Waals surface area contributed by atoms with E-state index in [-0.39, 0.29) is 30.3 Å². The number of carbonyl (C=O) groups excluding carboxylic acids is 2. The highest BCUT2D eigenvalue weighted by Gasteiger charge is 2.31. The minimum absolute atomic E-state index is 0.00275. The summed E-state index contributed by atoms with van der Waals surface area (Å²) in [6.45, 7) is 2.87. The summed E-state index contributed by atoms with van der Waals surface area (Å²) in [5, 5.41) is 6.23. The second kappa shape index (κ2) is 11.2. The molecule has 3 aromatic rings. The maximum absolute atomic E-state index is 12.6. The van der Waals surface area contributed by atoms with Gasteiger partial charge in [-0.1, -0.05) is 54.1 Å². The van der Waals surface area contributed by atoms with Gasteiger partial charge in [0.15, 0.2) is 11.5 Å². The Bertz CT molecular complexity index is 1110. The first-order chi connectivity index (χ1) is 16.5. The van der Waals surface area contributed by atoms with Gasteiger partial charge < -0.3 is 19.4 Å². The number of benzene rings is 2. The van der Waals surface area contributed by atoms with E-state index in [4.69, 9.17) is 21.1 Å². The van der Waals surface area contributed by atoms with Gasteiger partial charge in [-0.25, -0.2) is 14.6 Å². The number of anilines is 1. The molecule has 2 aromatic carbocycles. The highest BCUT2D eigenvalue weighted by molar-refractivity contribution is 6.30. The Hall–Kier alpha value is -3.36. The Morgan fingerprint density at radius 2 is 1.82 bits per heavy atom. The Labute approximate surface area is 203 Å². The van der Waals surface area contributed by atoms with Crippen molar-refractivity contribution in [2.24, 2.45) is 0 Å². The SMILES string of the molecule is CCOC(=O)c1c(NC(=O)NC2CC(OCc3ccccc3)C2)ncn1Cc1ccc(Cl)cc1. The number of urea groups is 1. The molecule has 0 unspecified atom stereocenters. The predicted molar refractivity (Wildman–Crippen MR) is 129 cm³/mol. The number of aromatic nitrogens is 2. The molecule has 1 fully saturated rings. The summed E-state index contributed by atoms with van der Waals surface area (Å²) in [6, 6.07) is 16.8.